The number of aliphatic hydroxyl groups is 6. The summed E-state index contributed by atoms with van der Waals surface area (Å²) in [6.45, 7) is 5.86. The van der Waals surface area contributed by atoms with Crippen molar-refractivity contribution < 1.29 is 49.6 Å². The molecule has 14 atom stereocenters. The molecule has 2 aliphatic heterocycles. The molecule has 4 saturated carbocycles. The van der Waals surface area contributed by atoms with Crippen molar-refractivity contribution in [3.8, 4) is 0 Å². The monoisotopic (exact) mass is 552 g/mol. The van der Waals surface area contributed by atoms with E-state index in [1.54, 1.807) is 6.92 Å². The number of hydrogen-bond donors (Lipinski definition) is 6. The smallest absolute Gasteiger partial charge is 0.331 e. The van der Waals surface area contributed by atoms with Gasteiger partial charge in [0.25, 0.3) is 0 Å². The molecule has 0 aromatic heterocycles. The second kappa shape index (κ2) is 9.19. The number of hydrogen-bond acceptors (Lipinski definition) is 10. The molecular formula is C29H44O10. The van der Waals surface area contributed by atoms with Crippen LogP contribution in [0.2, 0.25) is 0 Å². The summed E-state index contributed by atoms with van der Waals surface area (Å²) in [5.41, 5.74) is -2.75. The lowest BCUT2D eigenvalue weighted by molar-refractivity contribution is -0.321. The molecule has 0 aromatic rings. The normalized spacial score (nSPS) is 57.3. The zero-order chi connectivity index (χ0) is 28.1. The first-order valence-electron chi connectivity index (χ1n) is 14.6. The SMILES string of the molecule is C[C@H]1O[C@@H](O[C@H]2CC[C@]3(C)[C@H]4C[C@@H](O)[C@]5(C)[C@@H](C6=CC(=O)OC6)CC[C@]5(O)[C@@H]4CC[C@]3(O)C2)[C@H](O)[C@H](O)[C@@H]1O. The van der Waals surface area contributed by atoms with E-state index >= 15 is 0 Å². The molecule has 0 unspecified atom stereocenters. The summed E-state index contributed by atoms with van der Waals surface area (Å²) in [6.07, 6.45) is -1.27. The van der Waals surface area contributed by atoms with E-state index in [-0.39, 0.29) is 30.3 Å². The highest BCUT2D eigenvalue weighted by atomic mass is 16.7. The Bertz CT molecular complexity index is 1030. The fourth-order valence-corrected chi connectivity index (χ4v) is 9.78. The summed E-state index contributed by atoms with van der Waals surface area (Å²) in [6, 6.07) is 0. The molecule has 5 fully saturated rings. The average molecular weight is 553 g/mol. The molecule has 4 aliphatic carbocycles. The third-order valence-corrected chi connectivity index (χ3v) is 12.3. The van der Waals surface area contributed by atoms with Crippen LogP contribution >= 0.6 is 0 Å². The summed E-state index contributed by atoms with van der Waals surface area (Å²) >= 11 is 0. The van der Waals surface area contributed by atoms with Gasteiger partial charge in [0.15, 0.2) is 6.29 Å². The Morgan fingerprint density at radius 1 is 0.949 bits per heavy atom. The Morgan fingerprint density at radius 2 is 1.69 bits per heavy atom. The van der Waals surface area contributed by atoms with Crippen LogP contribution in [-0.2, 0) is 19.0 Å². The Kier molecular flexibility index (Phi) is 6.61. The highest BCUT2D eigenvalue weighted by molar-refractivity contribution is 5.85. The minimum absolute atomic E-state index is 0.0988. The molecule has 0 spiro atoms. The van der Waals surface area contributed by atoms with Gasteiger partial charge in [0, 0.05) is 17.9 Å². The van der Waals surface area contributed by atoms with Gasteiger partial charge in [0.05, 0.1) is 29.5 Å². The molecule has 6 aliphatic rings. The maximum Gasteiger partial charge on any atom is 0.331 e. The first-order chi connectivity index (χ1) is 18.2. The van der Waals surface area contributed by atoms with Crippen molar-refractivity contribution >= 4 is 5.97 Å². The van der Waals surface area contributed by atoms with Crippen molar-refractivity contribution in [1.29, 1.82) is 0 Å². The lowest BCUT2D eigenvalue weighted by Crippen LogP contribution is -2.70. The van der Waals surface area contributed by atoms with E-state index in [9.17, 15) is 35.4 Å². The van der Waals surface area contributed by atoms with Gasteiger partial charge in [0.2, 0.25) is 0 Å². The highest BCUT2D eigenvalue weighted by Crippen LogP contribution is 2.70. The van der Waals surface area contributed by atoms with E-state index in [0.717, 1.165) is 5.57 Å². The largest absolute Gasteiger partial charge is 0.458 e. The molecule has 0 radical (unpaired) electrons. The van der Waals surface area contributed by atoms with Gasteiger partial charge in [-0.05, 0) is 80.6 Å². The molecule has 10 nitrogen and oxygen atoms in total. The predicted molar refractivity (Wildman–Crippen MR) is 136 cm³/mol. The van der Waals surface area contributed by atoms with Gasteiger partial charge in [-0.1, -0.05) is 13.8 Å². The van der Waals surface area contributed by atoms with Gasteiger partial charge in [-0.3, -0.25) is 0 Å². The summed E-state index contributed by atoms with van der Waals surface area (Å²) < 4.78 is 16.9. The average Bonchev–Trinajstić information content (AvgIpc) is 3.43. The standard InChI is InChI=1S/C29H44O10/c1-14-22(32)23(33)24(34)25(38-14)39-16-4-7-26(2)19-11-20(30)27(3)17(15-10-21(31)37-13-15)6-9-29(27,36)18(19)5-8-28(26,35)12-16/h10,14,16-20,22-25,30,32-36H,4-9,11-13H2,1-3H3/t14-,16+,17-,18-,19+,20-,22-,23-,24-,25+,26-,27+,28+,29+/m1/s1. The zero-order valence-corrected chi connectivity index (χ0v) is 23.0. The molecule has 2 heterocycles. The van der Waals surface area contributed by atoms with Crippen LogP contribution in [0.5, 0.6) is 0 Å². The number of carbonyl (C=O) groups excluding carboxylic acids is 1. The molecule has 0 amide bonds. The van der Waals surface area contributed by atoms with Crippen molar-refractivity contribution in [3.63, 3.8) is 0 Å². The second-order valence-electron chi connectivity index (χ2n) is 13.8. The van der Waals surface area contributed by atoms with Gasteiger partial charge >= 0.3 is 5.97 Å². The van der Waals surface area contributed by atoms with Crippen LogP contribution in [-0.4, -0.2) is 97.3 Å². The summed E-state index contributed by atoms with van der Waals surface area (Å²) in [5, 5.41) is 66.8. The number of fused-ring (bicyclic) bond motifs is 5. The first kappa shape index (κ1) is 28.0. The third-order valence-electron chi connectivity index (χ3n) is 12.3. The quantitative estimate of drug-likeness (QED) is 0.215. The van der Waals surface area contributed by atoms with Crippen molar-refractivity contribution in [2.24, 2.45) is 28.6 Å². The molecule has 0 aromatic carbocycles. The van der Waals surface area contributed by atoms with Crippen LogP contribution < -0.4 is 0 Å². The van der Waals surface area contributed by atoms with Gasteiger partial charge in [-0.15, -0.1) is 0 Å². The van der Waals surface area contributed by atoms with E-state index in [1.807, 2.05) is 6.92 Å². The lowest BCUT2D eigenvalue weighted by atomic mass is 9.41. The first-order valence-corrected chi connectivity index (χ1v) is 14.6. The van der Waals surface area contributed by atoms with Crippen LogP contribution in [0.25, 0.3) is 0 Å². The van der Waals surface area contributed by atoms with E-state index in [4.69, 9.17) is 14.2 Å². The minimum Gasteiger partial charge on any atom is -0.458 e. The van der Waals surface area contributed by atoms with Crippen LogP contribution in [0.15, 0.2) is 11.6 Å². The maximum absolute atomic E-state index is 12.4. The Morgan fingerprint density at radius 3 is 2.38 bits per heavy atom. The van der Waals surface area contributed by atoms with Gasteiger partial charge in [-0.25, -0.2) is 4.79 Å². The predicted octanol–water partition coefficient (Wildman–Crippen LogP) is 0.542. The Balaban J connectivity index is 1.22. The third kappa shape index (κ3) is 3.79. The van der Waals surface area contributed by atoms with E-state index < -0.39 is 64.9 Å². The summed E-state index contributed by atoms with van der Waals surface area (Å²) in [7, 11) is 0. The Hall–Kier alpha value is -1.11. The lowest BCUT2D eigenvalue weighted by Gasteiger charge is -2.67. The zero-order valence-electron chi connectivity index (χ0n) is 23.0. The number of rotatable bonds is 3. The number of carbonyl (C=O) groups is 1. The molecule has 10 heteroatoms. The molecule has 6 rings (SSSR count). The molecule has 39 heavy (non-hydrogen) atoms. The van der Waals surface area contributed by atoms with Gasteiger partial charge in [-0.2, -0.15) is 0 Å². The Labute approximate surface area is 229 Å². The summed E-state index contributed by atoms with van der Waals surface area (Å²) in [4.78, 5) is 11.8. The molecule has 0 bridgehead atoms. The maximum atomic E-state index is 12.4. The van der Waals surface area contributed by atoms with Crippen molar-refractivity contribution in [1.82, 2.24) is 0 Å². The van der Waals surface area contributed by atoms with Gasteiger partial charge < -0.3 is 44.8 Å². The van der Waals surface area contributed by atoms with Crippen molar-refractivity contribution in [3.05, 3.63) is 11.6 Å². The fourth-order valence-electron chi connectivity index (χ4n) is 9.78. The van der Waals surface area contributed by atoms with E-state index in [1.165, 1.54) is 6.08 Å². The van der Waals surface area contributed by atoms with Crippen molar-refractivity contribution in [2.75, 3.05) is 6.61 Å². The topological polar surface area (TPSA) is 166 Å². The molecule has 6 N–H and O–H groups in total. The van der Waals surface area contributed by atoms with Crippen molar-refractivity contribution in [2.45, 2.75) is 126 Å². The van der Waals surface area contributed by atoms with E-state index in [0.29, 0.717) is 51.4 Å². The second-order valence-corrected chi connectivity index (χ2v) is 13.8. The number of cyclic esters (lactones) is 1. The van der Waals surface area contributed by atoms with Gasteiger partial charge in [0.1, 0.15) is 24.9 Å². The molecular weight excluding hydrogens is 508 g/mol. The van der Waals surface area contributed by atoms with Crippen LogP contribution in [0.4, 0.5) is 0 Å². The molecule has 1 saturated heterocycles. The van der Waals surface area contributed by atoms with Crippen LogP contribution in [0, 0.1) is 28.6 Å². The highest BCUT2D eigenvalue weighted by Gasteiger charge is 2.72. The minimum atomic E-state index is -1.40. The van der Waals surface area contributed by atoms with E-state index in [2.05, 4.69) is 6.92 Å². The summed E-state index contributed by atoms with van der Waals surface area (Å²) in [5.74, 6) is -0.709. The number of aliphatic hydroxyl groups excluding tert-OH is 4. The van der Waals surface area contributed by atoms with Crippen LogP contribution in [0.3, 0.4) is 0 Å². The number of ether oxygens (including phenoxy) is 3. The van der Waals surface area contributed by atoms with Crippen LogP contribution in [0.1, 0.15) is 72.1 Å². The number of esters is 1. The molecule has 220 valence electrons. The fraction of sp³-hybridized carbons (Fsp3) is 0.897.